The third-order valence-corrected chi connectivity index (χ3v) is 37.7. The van der Waals surface area contributed by atoms with E-state index in [2.05, 4.69) is 85.1 Å². The second kappa shape index (κ2) is 52.8. The summed E-state index contributed by atoms with van der Waals surface area (Å²) in [6, 6.07) is 0. The molecule has 24 rings (SSSR count). The van der Waals surface area contributed by atoms with Gasteiger partial charge in [0.25, 0.3) is 0 Å². The fraction of sp³-hybridized carbons (Fsp3) is 1.00. The van der Waals surface area contributed by atoms with Crippen molar-refractivity contribution < 1.29 is 9.47 Å². The molecule has 17 heterocycles. The maximum atomic E-state index is 5.87. The maximum Gasteiger partial charge on any atom is 0.0806 e. The zero-order valence-electron chi connectivity index (χ0n) is 80.6. The van der Waals surface area contributed by atoms with E-state index in [4.69, 9.17) is 9.47 Å². The first-order valence-electron chi connectivity index (χ1n) is 55.1. The Hall–Kier alpha value is -0.720. The predicted octanol–water partition coefficient (Wildman–Crippen LogP) is 16.0. The fourth-order valence-corrected chi connectivity index (χ4v) is 28.3. The molecule has 0 radical (unpaired) electrons. The summed E-state index contributed by atoms with van der Waals surface area (Å²) in [5, 5.41) is 55.0. The number of piperidine rings is 10. The Kier molecular flexibility index (Phi) is 42.8. The molecule has 714 valence electrons. The van der Waals surface area contributed by atoms with Crippen LogP contribution in [0.3, 0.4) is 0 Å². The van der Waals surface area contributed by atoms with E-state index in [9.17, 15) is 0 Å². The summed E-state index contributed by atoms with van der Waals surface area (Å²) in [5.74, 6) is 0. The van der Waals surface area contributed by atoms with Gasteiger partial charge >= 0.3 is 0 Å². The molecule has 12 spiro atoms. The lowest BCUT2D eigenvalue weighted by molar-refractivity contribution is -0.0952. The van der Waals surface area contributed by atoms with Crippen molar-refractivity contribution in [2.45, 2.75) is 390 Å². The van der Waals surface area contributed by atoms with Crippen LogP contribution in [0.2, 0.25) is 0 Å². The highest BCUT2D eigenvalue weighted by Gasteiger charge is 2.44. The van der Waals surface area contributed by atoms with E-state index in [1.54, 1.807) is 0 Å². The van der Waals surface area contributed by atoms with E-state index in [1.165, 1.54) is 562 Å². The Morgan fingerprint density at radius 1 is 0.106 bits per heavy atom. The van der Waals surface area contributed by atoms with Gasteiger partial charge in [0, 0.05) is 72.1 Å². The molecule has 18 nitrogen and oxygen atoms in total. The minimum absolute atomic E-state index is 0.247. The van der Waals surface area contributed by atoms with Crippen molar-refractivity contribution in [3.63, 3.8) is 0 Å². The largest absolute Gasteiger partial charge is 0.375 e. The molecule has 0 aromatic carbocycles. The average Bonchev–Trinajstić information content (AvgIpc) is 1.76. The minimum atomic E-state index is 0.247. The van der Waals surface area contributed by atoms with Gasteiger partial charge in [-0.15, -0.1) is 0 Å². The van der Waals surface area contributed by atoms with Gasteiger partial charge in [0.15, 0.2) is 0 Å². The van der Waals surface area contributed by atoms with Crippen molar-refractivity contribution in [1.82, 2.24) is 85.1 Å². The van der Waals surface area contributed by atoms with Gasteiger partial charge < -0.3 is 94.5 Å². The first-order valence-corrected chi connectivity index (χ1v) is 55.1. The molecule has 24 fully saturated rings. The van der Waals surface area contributed by atoms with Crippen LogP contribution in [0.25, 0.3) is 0 Å². The average molecular weight is 1720 g/mol. The molecule has 0 amide bonds. The predicted molar refractivity (Wildman–Crippen MR) is 520 cm³/mol. The Labute approximate surface area is 757 Å². The van der Waals surface area contributed by atoms with Crippen LogP contribution in [-0.2, 0) is 9.47 Å². The first-order chi connectivity index (χ1) is 60.5. The van der Waals surface area contributed by atoms with Crippen LogP contribution in [0.15, 0.2) is 0 Å². The molecule has 7 saturated carbocycles. The van der Waals surface area contributed by atoms with Gasteiger partial charge in [0.1, 0.15) is 0 Å². The summed E-state index contributed by atoms with van der Waals surface area (Å²) >= 11 is 0. The van der Waals surface area contributed by atoms with Gasteiger partial charge in [-0.05, 0) is 461 Å². The molecule has 0 bridgehead atoms. The van der Waals surface area contributed by atoms with E-state index in [-0.39, 0.29) is 5.60 Å². The molecule has 24 aliphatic rings. The standard InChI is InChI=1S/2C10H19N.2C9H18N2.2C9H17NO.2C9H17N.C8H16N2.2C8H15N.C7H14N2/c1-2-5-10(6-3-1)7-4-8-11-9-10;1-2-4-10(5-3-1)6-8-11-9-7-10;1-5-10-6-2-9(1)3-7-11-8-4-9;1-2-9(8-11-5-1)3-6-10-7-4-9;1-2-8-11-9(3-1)4-6-10-7-5-9;1-2-4-9(5-3-1)8-10-6-7-11-9;1-2-4-9(3-1)5-7-10-8-6-9;1-2-4-9(5-3-1)6-7-10-8-9;1-4-9-5-2-8(1)3-6-10-7-8;1-2-8(3-1)4-6-9-7-5-8;1-2-4-8(5-3-1)6-9-7-8;1-3-8-5-7(1)2-4-9-6-7/h2*11H,1-9H2;2*10-11H,1-8H2;2*10H,1-8H2;2*10H,1-8H2;9-10H,1-7H2;2*9H,1-7H2;8-9H,1-6H2. The van der Waals surface area contributed by atoms with Crippen LogP contribution in [0.5, 0.6) is 0 Å². The Bertz CT molecular complexity index is 2180. The lowest BCUT2D eigenvalue weighted by Crippen LogP contribution is -2.54. The van der Waals surface area contributed by atoms with Crippen LogP contribution in [-0.4, -0.2) is 234 Å². The van der Waals surface area contributed by atoms with E-state index in [0.29, 0.717) is 21.8 Å². The number of hydrogen-bond acceptors (Lipinski definition) is 18. The highest BCUT2D eigenvalue weighted by Crippen LogP contribution is 2.50. The summed E-state index contributed by atoms with van der Waals surface area (Å²) in [6.45, 7) is 41.8. The lowest BCUT2D eigenvalue weighted by atomic mass is 9.63. The van der Waals surface area contributed by atoms with Crippen molar-refractivity contribution in [2.75, 3.05) is 223 Å². The van der Waals surface area contributed by atoms with Crippen LogP contribution in [0, 0.1) is 54.1 Å². The number of rotatable bonds is 0. The van der Waals surface area contributed by atoms with Gasteiger partial charge in [0.2, 0.25) is 0 Å². The zero-order chi connectivity index (χ0) is 84.5. The molecule has 123 heavy (non-hydrogen) atoms. The van der Waals surface area contributed by atoms with Crippen molar-refractivity contribution in [1.29, 1.82) is 0 Å². The normalized spacial score (nSPS) is 31.0. The third-order valence-electron chi connectivity index (χ3n) is 37.7. The highest BCUT2D eigenvalue weighted by atomic mass is 16.5. The van der Waals surface area contributed by atoms with Gasteiger partial charge in [-0.2, -0.15) is 0 Å². The zero-order valence-corrected chi connectivity index (χ0v) is 80.6. The maximum absolute atomic E-state index is 5.87. The molecule has 0 unspecified atom stereocenters. The fourth-order valence-electron chi connectivity index (χ4n) is 28.3. The van der Waals surface area contributed by atoms with Crippen LogP contribution < -0.4 is 85.1 Å². The molecule has 7 aliphatic carbocycles. The van der Waals surface area contributed by atoms with Gasteiger partial charge in [-0.1, -0.05) is 116 Å². The monoisotopic (exact) mass is 1720 g/mol. The molecule has 16 N–H and O–H groups in total. The molecular weight excluding hydrogens is 1520 g/mol. The molecular formula is C105H202N16O2. The summed E-state index contributed by atoms with van der Waals surface area (Å²) in [7, 11) is 0. The Balaban J connectivity index is 0.000000116. The summed E-state index contributed by atoms with van der Waals surface area (Å²) in [6.07, 6.45) is 84.9. The van der Waals surface area contributed by atoms with Crippen LogP contribution >= 0.6 is 0 Å². The van der Waals surface area contributed by atoms with E-state index >= 15 is 0 Å². The Morgan fingerprint density at radius 3 is 0.585 bits per heavy atom. The summed E-state index contributed by atoms with van der Waals surface area (Å²) < 4.78 is 11.7. The quantitative estimate of drug-likeness (QED) is 0.109. The second-order valence-corrected chi connectivity index (χ2v) is 46.4. The minimum Gasteiger partial charge on any atom is -0.375 e. The summed E-state index contributed by atoms with van der Waals surface area (Å²) in [4.78, 5) is 0. The number of ether oxygens (including phenoxy) is 2. The van der Waals surface area contributed by atoms with E-state index in [1.807, 2.05) is 0 Å². The van der Waals surface area contributed by atoms with Gasteiger partial charge in [0.05, 0.1) is 17.8 Å². The number of hydrogen-bond donors (Lipinski definition) is 16. The van der Waals surface area contributed by atoms with Crippen molar-refractivity contribution in [3.05, 3.63) is 0 Å². The topological polar surface area (TPSA) is 211 Å². The van der Waals surface area contributed by atoms with E-state index < -0.39 is 0 Å². The molecule has 17 saturated heterocycles. The van der Waals surface area contributed by atoms with Crippen LogP contribution in [0.1, 0.15) is 379 Å². The van der Waals surface area contributed by atoms with Crippen molar-refractivity contribution >= 4 is 0 Å². The van der Waals surface area contributed by atoms with Gasteiger partial charge in [-0.25, -0.2) is 0 Å². The SMILES string of the molecule is C1CC2(C1)CCNCC2.C1CC2(CCN1)CCNC2.C1CC2(CCN1)CCNCC2.C1CC2(CCNC2)CN1.C1CCC2(C1)CCNCC2.C1CCC2(CC1)CCCNC2.C1CCC2(CC1)CCNC2.C1CCC2(CC1)CCNCC2.C1CCC2(CC1)CNC2.C1CCC2(CC1)CNCCO2.C1CCC2(CCNCC2)OC1.C1CNCC2(C1)CCNCC2. The number of morpholine rings is 1. The smallest absolute Gasteiger partial charge is 0.0806 e. The second-order valence-electron chi connectivity index (χ2n) is 46.4. The molecule has 0 aromatic heterocycles. The van der Waals surface area contributed by atoms with Crippen LogP contribution in [0.4, 0.5) is 0 Å². The van der Waals surface area contributed by atoms with Crippen molar-refractivity contribution in [3.8, 4) is 0 Å². The van der Waals surface area contributed by atoms with Crippen molar-refractivity contribution in [2.24, 2.45) is 54.1 Å². The van der Waals surface area contributed by atoms with Gasteiger partial charge in [-0.3, -0.25) is 0 Å². The first kappa shape index (κ1) is 99.7. The molecule has 0 atom stereocenters. The Morgan fingerprint density at radius 2 is 0.309 bits per heavy atom. The summed E-state index contributed by atoms with van der Waals surface area (Å²) in [5.41, 5.74) is 8.07. The molecule has 0 aromatic rings. The molecule has 18 heteroatoms. The third kappa shape index (κ3) is 32.5. The van der Waals surface area contributed by atoms with E-state index in [0.717, 1.165) is 77.3 Å². The molecule has 17 aliphatic heterocycles. The number of nitrogens with one attached hydrogen (secondary N) is 16. The highest BCUT2D eigenvalue weighted by molar-refractivity contribution is 5.00. The lowest BCUT2D eigenvalue weighted by Gasteiger charge is -2.45.